The molecule has 0 aromatic heterocycles. The van der Waals surface area contributed by atoms with Gasteiger partial charge < -0.3 is 15.2 Å². The Balaban J connectivity index is 2.76. The SMILES string of the molecule is CCN(C(C)C(=O)NC(C)C)C1COCC1C(=O)O. The van der Waals surface area contributed by atoms with Gasteiger partial charge in [0.1, 0.15) is 0 Å². The minimum atomic E-state index is -0.864. The van der Waals surface area contributed by atoms with Crippen molar-refractivity contribution in [2.75, 3.05) is 19.8 Å². The highest BCUT2D eigenvalue weighted by Gasteiger charge is 2.40. The van der Waals surface area contributed by atoms with Crippen molar-refractivity contribution in [3.05, 3.63) is 0 Å². The number of ether oxygens (including phenoxy) is 1. The van der Waals surface area contributed by atoms with E-state index in [4.69, 9.17) is 4.74 Å². The molecule has 0 aromatic rings. The summed E-state index contributed by atoms with van der Waals surface area (Å²) in [6.45, 7) is 8.73. The number of hydrogen-bond acceptors (Lipinski definition) is 4. The van der Waals surface area contributed by atoms with Crippen molar-refractivity contribution in [2.45, 2.75) is 45.8 Å². The van der Waals surface area contributed by atoms with Gasteiger partial charge in [0, 0.05) is 12.1 Å². The van der Waals surface area contributed by atoms with Gasteiger partial charge in [-0.3, -0.25) is 14.5 Å². The molecule has 110 valence electrons. The van der Waals surface area contributed by atoms with Gasteiger partial charge >= 0.3 is 5.97 Å². The normalized spacial score (nSPS) is 24.7. The lowest BCUT2D eigenvalue weighted by atomic mass is 10.0. The summed E-state index contributed by atoms with van der Waals surface area (Å²) < 4.78 is 5.27. The van der Waals surface area contributed by atoms with Crippen LogP contribution in [-0.2, 0) is 14.3 Å². The zero-order chi connectivity index (χ0) is 14.6. The quantitative estimate of drug-likeness (QED) is 0.728. The van der Waals surface area contributed by atoms with E-state index < -0.39 is 11.9 Å². The summed E-state index contributed by atoms with van der Waals surface area (Å²) in [5.74, 6) is -1.50. The molecule has 1 fully saturated rings. The van der Waals surface area contributed by atoms with Crippen LogP contribution in [-0.4, -0.2) is 59.8 Å². The molecular weight excluding hydrogens is 248 g/mol. The zero-order valence-corrected chi connectivity index (χ0v) is 12.0. The molecule has 1 saturated heterocycles. The minimum absolute atomic E-state index is 0.0729. The lowest BCUT2D eigenvalue weighted by Gasteiger charge is -2.34. The van der Waals surface area contributed by atoms with Gasteiger partial charge in [-0.25, -0.2) is 0 Å². The van der Waals surface area contributed by atoms with E-state index in [1.54, 1.807) is 6.92 Å². The number of carbonyl (C=O) groups excluding carboxylic acids is 1. The Morgan fingerprint density at radius 2 is 2.00 bits per heavy atom. The molecular formula is C13H24N2O4. The fourth-order valence-corrected chi connectivity index (χ4v) is 2.46. The Morgan fingerprint density at radius 1 is 1.37 bits per heavy atom. The summed E-state index contributed by atoms with van der Waals surface area (Å²) in [4.78, 5) is 25.1. The average molecular weight is 272 g/mol. The van der Waals surface area contributed by atoms with Gasteiger partial charge in [0.15, 0.2) is 0 Å². The maximum absolute atomic E-state index is 12.0. The molecule has 0 bridgehead atoms. The smallest absolute Gasteiger partial charge is 0.310 e. The van der Waals surface area contributed by atoms with Gasteiger partial charge in [0.05, 0.1) is 25.2 Å². The molecule has 0 saturated carbocycles. The molecule has 1 rings (SSSR count). The Bertz CT molecular complexity index is 333. The van der Waals surface area contributed by atoms with E-state index in [1.165, 1.54) is 0 Å². The number of likely N-dealkylation sites (N-methyl/N-ethyl adjacent to an activating group) is 1. The monoisotopic (exact) mass is 272 g/mol. The van der Waals surface area contributed by atoms with Crippen molar-refractivity contribution < 1.29 is 19.4 Å². The number of hydrogen-bond donors (Lipinski definition) is 2. The van der Waals surface area contributed by atoms with Crippen LogP contribution in [0.1, 0.15) is 27.7 Å². The highest BCUT2D eigenvalue weighted by molar-refractivity contribution is 5.81. The van der Waals surface area contributed by atoms with Gasteiger partial charge in [-0.05, 0) is 27.3 Å². The lowest BCUT2D eigenvalue weighted by molar-refractivity contribution is -0.144. The van der Waals surface area contributed by atoms with Gasteiger partial charge in [0.2, 0.25) is 5.91 Å². The van der Waals surface area contributed by atoms with E-state index in [1.807, 2.05) is 25.7 Å². The van der Waals surface area contributed by atoms with Crippen LogP contribution in [0.4, 0.5) is 0 Å². The highest BCUT2D eigenvalue weighted by atomic mass is 16.5. The summed E-state index contributed by atoms with van der Waals surface area (Å²) in [7, 11) is 0. The van der Waals surface area contributed by atoms with E-state index in [0.29, 0.717) is 13.2 Å². The third kappa shape index (κ3) is 3.91. The van der Waals surface area contributed by atoms with Crippen molar-refractivity contribution in [1.29, 1.82) is 0 Å². The first kappa shape index (κ1) is 15.9. The molecule has 0 aliphatic carbocycles. The summed E-state index contributed by atoms with van der Waals surface area (Å²) in [5.41, 5.74) is 0. The first-order valence-electron chi connectivity index (χ1n) is 6.75. The number of nitrogens with zero attached hydrogens (tertiary/aromatic N) is 1. The van der Waals surface area contributed by atoms with Crippen LogP contribution in [0.25, 0.3) is 0 Å². The maximum atomic E-state index is 12.0. The van der Waals surface area contributed by atoms with Gasteiger partial charge in [-0.15, -0.1) is 0 Å². The van der Waals surface area contributed by atoms with E-state index in [-0.39, 0.29) is 30.6 Å². The topological polar surface area (TPSA) is 78.9 Å². The van der Waals surface area contributed by atoms with E-state index >= 15 is 0 Å². The average Bonchev–Trinajstić information content (AvgIpc) is 2.78. The van der Waals surface area contributed by atoms with Gasteiger partial charge in [-0.2, -0.15) is 0 Å². The molecule has 1 amide bonds. The van der Waals surface area contributed by atoms with Crippen LogP contribution in [0, 0.1) is 5.92 Å². The van der Waals surface area contributed by atoms with Gasteiger partial charge in [0.25, 0.3) is 0 Å². The van der Waals surface area contributed by atoms with E-state index in [0.717, 1.165) is 0 Å². The van der Waals surface area contributed by atoms with Crippen molar-refractivity contribution >= 4 is 11.9 Å². The lowest BCUT2D eigenvalue weighted by Crippen LogP contribution is -2.53. The molecule has 0 aromatic carbocycles. The third-order valence-electron chi connectivity index (χ3n) is 3.47. The van der Waals surface area contributed by atoms with E-state index in [2.05, 4.69) is 5.32 Å². The molecule has 3 atom stereocenters. The first-order valence-corrected chi connectivity index (χ1v) is 6.75. The van der Waals surface area contributed by atoms with Crippen molar-refractivity contribution in [3.63, 3.8) is 0 Å². The Morgan fingerprint density at radius 3 is 2.47 bits per heavy atom. The second kappa shape index (κ2) is 6.86. The minimum Gasteiger partial charge on any atom is -0.481 e. The van der Waals surface area contributed by atoms with E-state index in [9.17, 15) is 14.7 Å². The molecule has 0 radical (unpaired) electrons. The van der Waals surface area contributed by atoms with Gasteiger partial charge in [-0.1, -0.05) is 6.92 Å². The molecule has 2 N–H and O–H groups in total. The predicted molar refractivity (Wildman–Crippen MR) is 70.9 cm³/mol. The predicted octanol–water partition coefficient (Wildman–Crippen LogP) is 0.321. The summed E-state index contributed by atoms with van der Waals surface area (Å²) in [6.07, 6.45) is 0. The molecule has 19 heavy (non-hydrogen) atoms. The van der Waals surface area contributed by atoms with Crippen LogP contribution < -0.4 is 5.32 Å². The number of nitrogens with one attached hydrogen (secondary N) is 1. The summed E-state index contributed by atoms with van der Waals surface area (Å²) in [6, 6.07) is -0.528. The van der Waals surface area contributed by atoms with Crippen LogP contribution in [0.2, 0.25) is 0 Å². The standard InChI is InChI=1S/C13H24N2O4/c1-5-15(9(4)12(16)14-8(2)3)11-7-19-6-10(11)13(17)18/h8-11H,5-7H2,1-4H3,(H,14,16)(H,17,18). The van der Waals surface area contributed by atoms with Crippen LogP contribution in [0.15, 0.2) is 0 Å². The number of carboxylic acids is 1. The van der Waals surface area contributed by atoms with Crippen molar-refractivity contribution in [2.24, 2.45) is 5.92 Å². The molecule has 3 unspecified atom stereocenters. The Labute approximate surface area is 114 Å². The van der Waals surface area contributed by atoms with Crippen LogP contribution in [0.3, 0.4) is 0 Å². The van der Waals surface area contributed by atoms with Crippen molar-refractivity contribution in [1.82, 2.24) is 10.2 Å². The molecule has 6 heteroatoms. The second-order valence-electron chi connectivity index (χ2n) is 5.22. The van der Waals surface area contributed by atoms with Crippen LogP contribution >= 0.6 is 0 Å². The molecule has 1 aliphatic rings. The molecule has 6 nitrogen and oxygen atoms in total. The zero-order valence-electron chi connectivity index (χ0n) is 12.0. The largest absolute Gasteiger partial charge is 0.481 e. The molecule has 1 aliphatic heterocycles. The summed E-state index contributed by atoms with van der Waals surface area (Å²) in [5, 5.41) is 12.0. The first-order chi connectivity index (χ1) is 8.88. The summed E-state index contributed by atoms with van der Waals surface area (Å²) >= 11 is 0. The Kier molecular flexibility index (Phi) is 5.75. The molecule has 0 spiro atoms. The number of carboxylic acid groups (broad SMARTS) is 1. The maximum Gasteiger partial charge on any atom is 0.310 e. The highest BCUT2D eigenvalue weighted by Crippen LogP contribution is 2.22. The number of aliphatic carboxylic acids is 1. The fourth-order valence-electron chi connectivity index (χ4n) is 2.46. The number of amides is 1. The van der Waals surface area contributed by atoms with Crippen molar-refractivity contribution in [3.8, 4) is 0 Å². The Hall–Kier alpha value is -1.14. The third-order valence-corrected chi connectivity index (χ3v) is 3.47. The second-order valence-corrected chi connectivity index (χ2v) is 5.22. The molecule has 1 heterocycles. The number of rotatable bonds is 6. The van der Waals surface area contributed by atoms with Crippen LogP contribution in [0.5, 0.6) is 0 Å². The number of carbonyl (C=O) groups is 2. The fraction of sp³-hybridized carbons (Fsp3) is 0.846.